The third-order valence-electron chi connectivity index (χ3n) is 8.79. The number of nitrogens with one attached hydrogen (secondary N) is 1. The second-order valence-corrected chi connectivity index (χ2v) is 18.5. The maximum absolute atomic E-state index is 13.0. The van der Waals surface area contributed by atoms with Crippen molar-refractivity contribution in [1.82, 2.24) is 20.2 Å². The number of carboxylic acid groups (broad SMARTS) is 1. The fourth-order valence-electron chi connectivity index (χ4n) is 5.47. The van der Waals surface area contributed by atoms with Gasteiger partial charge in [-0.1, -0.05) is 20.8 Å². The summed E-state index contributed by atoms with van der Waals surface area (Å²) in [4.78, 5) is 36.9. The van der Waals surface area contributed by atoms with Crippen LogP contribution in [-0.4, -0.2) is 72.1 Å². The lowest BCUT2D eigenvalue weighted by atomic mass is 9.92. The van der Waals surface area contributed by atoms with E-state index in [9.17, 15) is 14.7 Å². The fraction of sp³-hybridized carbons (Fsp3) is 0.714. The van der Waals surface area contributed by atoms with E-state index in [0.717, 1.165) is 48.7 Å². The minimum Gasteiger partial charge on any atom is -0.474 e. The Balaban J connectivity index is 1.39. The number of rotatable bonds is 9. The van der Waals surface area contributed by atoms with Crippen molar-refractivity contribution in [2.24, 2.45) is 0 Å². The van der Waals surface area contributed by atoms with Gasteiger partial charge in [-0.25, -0.2) is 14.8 Å². The van der Waals surface area contributed by atoms with Crippen molar-refractivity contribution in [3.05, 3.63) is 16.8 Å². The first-order valence-corrected chi connectivity index (χ1v) is 17.8. The Kier molecular flexibility index (Phi) is 8.92. The Bertz CT molecular complexity index is 1190. The summed E-state index contributed by atoms with van der Waals surface area (Å²) in [5, 5.41) is 13.5. The number of carbonyl (C=O) groups is 2. The molecule has 2 aromatic rings. The largest absolute Gasteiger partial charge is 0.474 e. The van der Waals surface area contributed by atoms with Crippen LogP contribution >= 0.6 is 11.3 Å². The van der Waals surface area contributed by atoms with E-state index in [-0.39, 0.29) is 35.1 Å². The zero-order chi connectivity index (χ0) is 28.5. The van der Waals surface area contributed by atoms with E-state index in [1.807, 2.05) is 6.92 Å². The SMILES string of the molecule is C[C@H](CNC(=O)C[C@H]1CCc2sc3ncnc(OC4CCC(N(C)C(=O)O)CC4)c3c21)O[Si](C)(C)C(C)(C)C. The summed E-state index contributed by atoms with van der Waals surface area (Å²) in [5.74, 6) is 0.743. The molecule has 9 nitrogen and oxygen atoms in total. The van der Waals surface area contributed by atoms with Gasteiger partial charge in [0.15, 0.2) is 8.32 Å². The Labute approximate surface area is 236 Å². The molecule has 0 spiro atoms. The van der Waals surface area contributed by atoms with Crippen LogP contribution < -0.4 is 10.1 Å². The summed E-state index contributed by atoms with van der Waals surface area (Å²) < 4.78 is 12.8. The lowest BCUT2D eigenvalue weighted by molar-refractivity contribution is -0.121. The maximum atomic E-state index is 13.0. The molecule has 2 heterocycles. The van der Waals surface area contributed by atoms with Crippen LogP contribution in [0.15, 0.2) is 6.33 Å². The number of amides is 2. The molecule has 0 bridgehead atoms. The van der Waals surface area contributed by atoms with E-state index in [2.05, 4.69) is 49.1 Å². The van der Waals surface area contributed by atoms with E-state index in [1.165, 1.54) is 15.3 Å². The quantitative estimate of drug-likeness (QED) is 0.355. The molecular formula is C28H44N4O5SSi. The number of hydrogen-bond donors (Lipinski definition) is 2. The molecule has 39 heavy (non-hydrogen) atoms. The highest BCUT2D eigenvalue weighted by Gasteiger charge is 2.38. The van der Waals surface area contributed by atoms with Crippen LogP contribution in [0.4, 0.5) is 4.79 Å². The number of aryl methyl sites for hydroxylation is 1. The van der Waals surface area contributed by atoms with Crippen molar-refractivity contribution in [3.8, 4) is 5.88 Å². The van der Waals surface area contributed by atoms with E-state index >= 15 is 0 Å². The highest BCUT2D eigenvalue weighted by atomic mass is 32.1. The minimum absolute atomic E-state index is 0.0115. The second-order valence-electron chi connectivity index (χ2n) is 12.7. The van der Waals surface area contributed by atoms with Crippen molar-refractivity contribution in [3.63, 3.8) is 0 Å². The van der Waals surface area contributed by atoms with E-state index in [0.29, 0.717) is 18.8 Å². The number of carbonyl (C=O) groups excluding carboxylic acids is 1. The van der Waals surface area contributed by atoms with Crippen molar-refractivity contribution in [2.75, 3.05) is 13.6 Å². The highest BCUT2D eigenvalue weighted by Crippen LogP contribution is 2.47. The smallest absolute Gasteiger partial charge is 0.407 e. The number of ether oxygens (including phenoxy) is 1. The Hall–Kier alpha value is -2.24. The Morgan fingerprint density at radius 2 is 1.90 bits per heavy atom. The zero-order valence-corrected chi connectivity index (χ0v) is 26.2. The topological polar surface area (TPSA) is 114 Å². The van der Waals surface area contributed by atoms with Gasteiger partial charge < -0.3 is 24.5 Å². The summed E-state index contributed by atoms with van der Waals surface area (Å²) in [6.07, 6.45) is 6.00. The predicted molar refractivity (Wildman–Crippen MR) is 156 cm³/mol. The van der Waals surface area contributed by atoms with Gasteiger partial charge in [-0.05, 0) is 75.1 Å². The van der Waals surface area contributed by atoms with Crippen LogP contribution in [0.1, 0.15) is 82.6 Å². The van der Waals surface area contributed by atoms with E-state index < -0.39 is 14.4 Å². The molecule has 0 saturated heterocycles. The van der Waals surface area contributed by atoms with Gasteiger partial charge in [0.1, 0.15) is 17.3 Å². The van der Waals surface area contributed by atoms with Crippen molar-refractivity contribution in [1.29, 1.82) is 0 Å². The number of aromatic nitrogens is 2. The number of hydrogen-bond acceptors (Lipinski definition) is 7. The molecule has 2 amide bonds. The van der Waals surface area contributed by atoms with Gasteiger partial charge in [0.05, 0.1) is 11.5 Å². The molecule has 4 rings (SSSR count). The van der Waals surface area contributed by atoms with Crippen LogP contribution in [0.25, 0.3) is 10.2 Å². The first-order valence-electron chi connectivity index (χ1n) is 14.1. The minimum atomic E-state index is -1.89. The maximum Gasteiger partial charge on any atom is 0.407 e. The molecule has 0 aromatic carbocycles. The summed E-state index contributed by atoms with van der Waals surface area (Å²) >= 11 is 1.68. The van der Waals surface area contributed by atoms with Gasteiger partial charge >= 0.3 is 6.09 Å². The molecule has 2 aliphatic rings. The number of nitrogens with zero attached hydrogens (tertiary/aromatic N) is 3. The molecule has 1 fully saturated rings. The summed E-state index contributed by atoms with van der Waals surface area (Å²) in [6, 6.07) is 0.0241. The highest BCUT2D eigenvalue weighted by molar-refractivity contribution is 7.19. The van der Waals surface area contributed by atoms with E-state index in [4.69, 9.17) is 9.16 Å². The monoisotopic (exact) mass is 576 g/mol. The van der Waals surface area contributed by atoms with Gasteiger partial charge in [-0.3, -0.25) is 4.79 Å². The Morgan fingerprint density at radius 1 is 1.21 bits per heavy atom. The standard InChI is InChI=1S/C28H44N4O5SSi/c1-17(37-39(6,7)28(2,3)4)15-29-22(33)14-18-8-13-21-23(18)24-25(30-16-31-26(24)38-21)36-20-11-9-19(10-12-20)32(5)27(34)35/h16-20H,8-15H2,1-7H3,(H,29,33)(H,34,35)/t17-,18-,19?,20?/m1/s1. The van der Waals surface area contributed by atoms with Crippen LogP contribution in [0, 0.1) is 0 Å². The first kappa shape index (κ1) is 29.7. The van der Waals surface area contributed by atoms with Crippen molar-refractivity contribution in [2.45, 2.75) is 115 Å². The van der Waals surface area contributed by atoms with Crippen LogP contribution in [0.5, 0.6) is 5.88 Å². The molecule has 0 aliphatic heterocycles. The molecule has 2 N–H and O–H groups in total. The molecule has 2 atom stereocenters. The van der Waals surface area contributed by atoms with Crippen molar-refractivity contribution < 1.29 is 23.9 Å². The van der Waals surface area contributed by atoms with Gasteiger partial charge in [-0.15, -0.1) is 11.3 Å². The molecule has 11 heteroatoms. The lowest BCUT2D eigenvalue weighted by Gasteiger charge is -2.38. The van der Waals surface area contributed by atoms with Crippen LogP contribution in [-0.2, 0) is 15.6 Å². The molecule has 2 aliphatic carbocycles. The van der Waals surface area contributed by atoms with Gasteiger partial charge in [0.25, 0.3) is 0 Å². The second kappa shape index (κ2) is 11.7. The normalized spacial score (nSPS) is 22.4. The molecule has 0 unspecified atom stereocenters. The predicted octanol–water partition coefficient (Wildman–Crippen LogP) is 5.94. The average Bonchev–Trinajstić information content (AvgIpc) is 3.42. The van der Waals surface area contributed by atoms with Gasteiger partial charge in [0, 0.05) is 30.9 Å². The molecular weight excluding hydrogens is 532 g/mol. The van der Waals surface area contributed by atoms with Gasteiger partial charge in [-0.2, -0.15) is 0 Å². The number of fused-ring (bicyclic) bond motifs is 3. The zero-order valence-electron chi connectivity index (χ0n) is 24.4. The molecule has 0 radical (unpaired) electrons. The molecule has 2 aromatic heterocycles. The summed E-state index contributed by atoms with van der Waals surface area (Å²) in [5.41, 5.74) is 1.17. The van der Waals surface area contributed by atoms with Crippen LogP contribution in [0.2, 0.25) is 18.1 Å². The lowest BCUT2D eigenvalue weighted by Crippen LogP contribution is -2.46. The van der Waals surface area contributed by atoms with Crippen LogP contribution in [0.3, 0.4) is 0 Å². The fourth-order valence-corrected chi connectivity index (χ4v) is 8.15. The molecule has 216 valence electrons. The summed E-state index contributed by atoms with van der Waals surface area (Å²) in [6.45, 7) is 13.7. The van der Waals surface area contributed by atoms with Crippen molar-refractivity contribution >= 4 is 41.9 Å². The van der Waals surface area contributed by atoms with E-state index in [1.54, 1.807) is 24.7 Å². The first-order chi connectivity index (χ1) is 18.3. The third kappa shape index (κ3) is 6.74. The van der Waals surface area contributed by atoms with Gasteiger partial charge in [0.2, 0.25) is 11.8 Å². The Morgan fingerprint density at radius 3 is 2.54 bits per heavy atom. The average molecular weight is 577 g/mol. The summed E-state index contributed by atoms with van der Waals surface area (Å²) in [7, 11) is -0.256. The molecule has 1 saturated carbocycles. The number of thiophene rings is 1. The third-order valence-corrected chi connectivity index (χ3v) is 14.6.